The topological polar surface area (TPSA) is 76.1 Å². The standard InChI is InChI=1S/C19H25NO5/c1-24-9-4-10-25-16-7-2-5-14(11-16)17(21)20-12-15-6-3-8-19(15,13-20)18(22)23/h2,5,7,11,15H,3-4,6,8-10,12-13H2,1H3,(H,22,23)/t15-,19+/m0/s1. The molecule has 1 aliphatic heterocycles. The van der Waals surface area contributed by atoms with E-state index in [0.29, 0.717) is 44.0 Å². The first-order valence-corrected chi connectivity index (χ1v) is 8.81. The van der Waals surface area contributed by atoms with Crippen LogP contribution in [-0.4, -0.2) is 55.3 Å². The zero-order valence-electron chi connectivity index (χ0n) is 14.6. The fraction of sp³-hybridized carbons (Fsp3) is 0.579. The Bertz CT molecular complexity index is 646. The summed E-state index contributed by atoms with van der Waals surface area (Å²) in [6.07, 6.45) is 3.27. The molecule has 0 aromatic heterocycles. The van der Waals surface area contributed by atoms with Crippen molar-refractivity contribution in [2.45, 2.75) is 25.7 Å². The summed E-state index contributed by atoms with van der Waals surface area (Å²) in [6, 6.07) is 7.10. The van der Waals surface area contributed by atoms with Crippen LogP contribution in [-0.2, 0) is 9.53 Å². The van der Waals surface area contributed by atoms with Crippen molar-refractivity contribution in [3.05, 3.63) is 29.8 Å². The summed E-state index contributed by atoms with van der Waals surface area (Å²) in [6.45, 7) is 2.00. The Morgan fingerprint density at radius 3 is 2.92 bits per heavy atom. The first kappa shape index (κ1) is 17.7. The number of hydrogen-bond acceptors (Lipinski definition) is 4. The molecule has 1 aromatic rings. The maximum Gasteiger partial charge on any atom is 0.311 e. The lowest BCUT2D eigenvalue weighted by atomic mass is 9.81. The maximum atomic E-state index is 12.8. The number of carboxylic acids is 1. The third-order valence-electron chi connectivity index (χ3n) is 5.43. The molecule has 3 rings (SSSR count). The third-order valence-corrected chi connectivity index (χ3v) is 5.43. The molecule has 1 aromatic carbocycles. The normalized spacial score (nSPS) is 25.0. The highest BCUT2D eigenvalue weighted by molar-refractivity contribution is 5.95. The van der Waals surface area contributed by atoms with Crippen molar-refractivity contribution in [3.8, 4) is 5.75 Å². The van der Waals surface area contributed by atoms with Crippen molar-refractivity contribution in [1.29, 1.82) is 0 Å². The Hall–Kier alpha value is -2.08. The van der Waals surface area contributed by atoms with Crippen molar-refractivity contribution in [2.75, 3.05) is 33.4 Å². The lowest BCUT2D eigenvalue weighted by molar-refractivity contribution is -0.149. The van der Waals surface area contributed by atoms with Gasteiger partial charge in [0, 0.05) is 38.8 Å². The minimum atomic E-state index is -0.763. The van der Waals surface area contributed by atoms with Crippen LogP contribution in [0.25, 0.3) is 0 Å². The number of carbonyl (C=O) groups is 2. The van der Waals surface area contributed by atoms with Crippen LogP contribution in [0.5, 0.6) is 5.75 Å². The molecule has 6 heteroatoms. The fourth-order valence-corrected chi connectivity index (χ4v) is 4.09. The van der Waals surface area contributed by atoms with Crippen LogP contribution in [0.4, 0.5) is 0 Å². The third kappa shape index (κ3) is 3.49. The highest BCUT2D eigenvalue weighted by atomic mass is 16.5. The molecule has 2 fully saturated rings. The van der Waals surface area contributed by atoms with Gasteiger partial charge in [-0.05, 0) is 37.0 Å². The van der Waals surface area contributed by atoms with Gasteiger partial charge in [-0.2, -0.15) is 0 Å². The molecule has 136 valence electrons. The van der Waals surface area contributed by atoms with Crippen LogP contribution in [0.2, 0.25) is 0 Å². The molecule has 1 heterocycles. The number of methoxy groups -OCH3 is 1. The number of fused-ring (bicyclic) bond motifs is 1. The van der Waals surface area contributed by atoms with E-state index in [1.165, 1.54) is 0 Å². The number of benzene rings is 1. The molecule has 1 saturated heterocycles. The summed E-state index contributed by atoms with van der Waals surface area (Å²) >= 11 is 0. The summed E-state index contributed by atoms with van der Waals surface area (Å²) in [5.74, 6) is -0.158. The Balaban J connectivity index is 1.67. The number of amides is 1. The van der Waals surface area contributed by atoms with Gasteiger partial charge in [0.25, 0.3) is 5.91 Å². The minimum absolute atomic E-state index is 0.0717. The smallest absolute Gasteiger partial charge is 0.311 e. The summed E-state index contributed by atoms with van der Waals surface area (Å²) in [4.78, 5) is 26.3. The van der Waals surface area contributed by atoms with Gasteiger partial charge < -0.3 is 19.5 Å². The van der Waals surface area contributed by atoms with Crippen molar-refractivity contribution >= 4 is 11.9 Å². The molecule has 25 heavy (non-hydrogen) atoms. The van der Waals surface area contributed by atoms with E-state index in [2.05, 4.69) is 0 Å². The highest BCUT2D eigenvalue weighted by Gasteiger charge is 2.55. The molecule has 1 aliphatic carbocycles. The SMILES string of the molecule is COCCCOc1cccc(C(=O)N2C[C@@H]3CCC[C@@]3(C(=O)O)C2)c1. The maximum absolute atomic E-state index is 12.8. The second kappa shape index (κ2) is 7.44. The van der Waals surface area contributed by atoms with Gasteiger partial charge in [0.15, 0.2) is 0 Å². The van der Waals surface area contributed by atoms with Gasteiger partial charge in [0.1, 0.15) is 5.75 Å². The summed E-state index contributed by atoms with van der Waals surface area (Å²) < 4.78 is 10.6. The Morgan fingerprint density at radius 1 is 1.36 bits per heavy atom. The number of likely N-dealkylation sites (tertiary alicyclic amines) is 1. The first-order chi connectivity index (χ1) is 12.1. The zero-order chi connectivity index (χ0) is 17.9. The van der Waals surface area contributed by atoms with E-state index in [1.807, 2.05) is 6.07 Å². The van der Waals surface area contributed by atoms with E-state index in [1.54, 1.807) is 30.2 Å². The van der Waals surface area contributed by atoms with Crippen molar-refractivity contribution in [2.24, 2.45) is 11.3 Å². The van der Waals surface area contributed by atoms with E-state index in [-0.39, 0.29) is 11.8 Å². The summed E-state index contributed by atoms with van der Waals surface area (Å²) in [5, 5.41) is 9.66. The van der Waals surface area contributed by atoms with Crippen LogP contribution in [0.15, 0.2) is 24.3 Å². The quantitative estimate of drug-likeness (QED) is 0.767. The molecule has 0 bridgehead atoms. The molecular weight excluding hydrogens is 322 g/mol. The van der Waals surface area contributed by atoms with E-state index in [0.717, 1.165) is 19.3 Å². The number of nitrogens with zero attached hydrogens (tertiary/aromatic N) is 1. The van der Waals surface area contributed by atoms with Gasteiger partial charge in [-0.1, -0.05) is 12.5 Å². The zero-order valence-corrected chi connectivity index (χ0v) is 14.6. The second-order valence-electron chi connectivity index (χ2n) is 6.96. The Morgan fingerprint density at radius 2 is 2.20 bits per heavy atom. The number of carbonyl (C=O) groups excluding carboxylic acids is 1. The van der Waals surface area contributed by atoms with E-state index in [4.69, 9.17) is 9.47 Å². The highest BCUT2D eigenvalue weighted by Crippen LogP contribution is 2.49. The molecule has 6 nitrogen and oxygen atoms in total. The van der Waals surface area contributed by atoms with E-state index in [9.17, 15) is 14.7 Å². The number of ether oxygens (including phenoxy) is 2. The number of aliphatic carboxylic acids is 1. The molecule has 2 aliphatic rings. The lowest BCUT2D eigenvalue weighted by Crippen LogP contribution is -2.37. The molecule has 2 atom stereocenters. The van der Waals surface area contributed by atoms with Crippen LogP contribution in [0.1, 0.15) is 36.0 Å². The van der Waals surface area contributed by atoms with E-state index < -0.39 is 11.4 Å². The summed E-state index contributed by atoms with van der Waals surface area (Å²) in [7, 11) is 1.65. The van der Waals surface area contributed by atoms with Gasteiger partial charge in [-0.3, -0.25) is 9.59 Å². The molecular formula is C19H25NO5. The molecule has 0 unspecified atom stereocenters. The van der Waals surface area contributed by atoms with Gasteiger partial charge >= 0.3 is 5.97 Å². The Kier molecular flexibility index (Phi) is 5.27. The lowest BCUT2D eigenvalue weighted by Gasteiger charge is -2.23. The summed E-state index contributed by atoms with van der Waals surface area (Å²) in [5.41, 5.74) is -0.200. The van der Waals surface area contributed by atoms with Crippen LogP contribution < -0.4 is 4.74 Å². The van der Waals surface area contributed by atoms with Gasteiger partial charge in [0.05, 0.1) is 12.0 Å². The van der Waals surface area contributed by atoms with Gasteiger partial charge in [-0.15, -0.1) is 0 Å². The fourth-order valence-electron chi connectivity index (χ4n) is 4.09. The molecule has 1 N–H and O–H groups in total. The monoisotopic (exact) mass is 347 g/mol. The average molecular weight is 347 g/mol. The first-order valence-electron chi connectivity index (χ1n) is 8.81. The minimum Gasteiger partial charge on any atom is -0.493 e. The Labute approximate surface area is 147 Å². The molecule has 1 amide bonds. The predicted molar refractivity (Wildman–Crippen MR) is 91.7 cm³/mol. The number of carboxylic acid groups (broad SMARTS) is 1. The number of hydrogen-bond donors (Lipinski definition) is 1. The number of rotatable bonds is 7. The molecule has 1 saturated carbocycles. The molecule has 0 radical (unpaired) electrons. The van der Waals surface area contributed by atoms with Crippen LogP contribution in [0, 0.1) is 11.3 Å². The largest absolute Gasteiger partial charge is 0.493 e. The van der Waals surface area contributed by atoms with Crippen LogP contribution in [0.3, 0.4) is 0 Å². The van der Waals surface area contributed by atoms with E-state index >= 15 is 0 Å². The molecule has 0 spiro atoms. The predicted octanol–water partition coefficient (Wildman–Crippen LogP) is 2.43. The second-order valence-corrected chi connectivity index (χ2v) is 6.96. The van der Waals surface area contributed by atoms with Gasteiger partial charge in [0.2, 0.25) is 0 Å². The van der Waals surface area contributed by atoms with Gasteiger partial charge in [-0.25, -0.2) is 0 Å². The van der Waals surface area contributed by atoms with Crippen molar-refractivity contribution in [1.82, 2.24) is 4.90 Å². The van der Waals surface area contributed by atoms with Crippen molar-refractivity contribution in [3.63, 3.8) is 0 Å². The average Bonchev–Trinajstić information content (AvgIpc) is 3.17. The van der Waals surface area contributed by atoms with Crippen LogP contribution >= 0.6 is 0 Å². The van der Waals surface area contributed by atoms with Crippen molar-refractivity contribution < 1.29 is 24.2 Å².